The Bertz CT molecular complexity index is 1080. The van der Waals surface area contributed by atoms with E-state index in [1.54, 1.807) is 12.5 Å². The van der Waals surface area contributed by atoms with Crippen LogP contribution in [0.4, 0.5) is 11.5 Å². The first kappa shape index (κ1) is 17.7. The molecule has 3 N–H and O–H groups in total. The van der Waals surface area contributed by atoms with E-state index in [0.29, 0.717) is 5.69 Å². The molecule has 0 unspecified atom stereocenters. The lowest BCUT2D eigenvalue weighted by Crippen LogP contribution is -2.07. The van der Waals surface area contributed by atoms with Crippen LogP contribution in [-0.4, -0.2) is 21.5 Å². The number of rotatable bonds is 6. The second-order valence-electron chi connectivity index (χ2n) is 6.56. The Morgan fingerprint density at radius 1 is 0.929 bits per heavy atom. The molecule has 28 heavy (non-hydrogen) atoms. The summed E-state index contributed by atoms with van der Waals surface area (Å²) >= 11 is 0. The van der Waals surface area contributed by atoms with E-state index in [1.807, 2.05) is 49.4 Å². The van der Waals surface area contributed by atoms with Crippen molar-refractivity contribution in [3.05, 3.63) is 78.4 Å². The number of nitrogen functional groups attached to an aromatic ring is 1. The Hall–Kier alpha value is -3.67. The highest BCUT2D eigenvalue weighted by Crippen LogP contribution is 2.23. The maximum atomic E-state index is 5.89. The molecule has 0 aliphatic carbocycles. The lowest BCUT2D eigenvalue weighted by atomic mass is 10.1. The van der Waals surface area contributed by atoms with E-state index in [2.05, 4.69) is 32.4 Å². The Labute approximate surface area is 163 Å². The van der Waals surface area contributed by atoms with Crippen molar-refractivity contribution in [3.8, 4) is 11.5 Å². The molecule has 0 spiro atoms. The Kier molecular flexibility index (Phi) is 5.01. The fraction of sp³-hybridized carbons (Fsp3) is 0.136. The second-order valence-corrected chi connectivity index (χ2v) is 6.56. The third-order valence-corrected chi connectivity index (χ3v) is 4.41. The Balaban J connectivity index is 1.37. The van der Waals surface area contributed by atoms with E-state index in [9.17, 15) is 0 Å². The molecule has 0 fully saturated rings. The summed E-state index contributed by atoms with van der Waals surface area (Å²) in [4.78, 5) is 12.9. The number of nitrogens with one attached hydrogen (secondary N) is 1. The molecular formula is C22H21N5O. The molecule has 0 radical (unpaired) electrons. The maximum absolute atomic E-state index is 5.89. The summed E-state index contributed by atoms with van der Waals surface area (Å²) in [6.07, 6.45) is 4.15. The van der Waals surface area contributed by atoms with Gasteiger partial charge in [0.2, 0.25) is 0 Å². The number of fused-ring (bicyclic) bond motifs is 1. The van der Waals surface area contributed by atoms with Gasteiger partial charge in [-0.2, -0.15) is 0 Å². The van der Waals surface area contributed by atoms with E-state index >= 15 is 0 Å². The van der Waals surface area contributed by atoms with Gasteiger partial charge in [-0.1, -0.05) is 12.1 Å². The first-order chi connectivity index (χ1) is 13.7. The van der Waals surface area contributed by atoms with E-state index in [4.69, 9.17) is 10.5 Å². The first-order valence-electron chi connectivity index (χ1n) is 9.11. The van der Waals surface area contributed by atoms with Gasteiger partial charge < -0.3 is 15.8 Å². The van der Waals surface area contributed by atoms with Gasteiger partial charge in [0.15, 0.2) is 0 Å². The minimum absolute atomic E-state index is 0.699. The predicted octanol–water partition coefficient (Wildman–Crippen LogP) is 4.36. The molecule has 0 saturated heterocycles. The topological polar surface area (TPSA) is 86.0 Å². The molecule has 2 aromatic carbocycles. The zero-order valence-electron chi connectivity index (χ0n) is 15.6. The highest BCUT2D eigenvalue weighted by molar-refractivity contribution is 5.91. The van der Waals surface area contributed by atoms with Crippen molar-refractivity contribution in [2.24, 2.45) is 0 Å². The van der Waals surface area contributed by atoms with Gasteiger partial charge in [-0.3, -0.25) is 4.98 Å². The van der Waals surface area contributed by atoms with Crippen molar-refractivity contribution in [2.75, 3.05) is 17.6 Å². The zero-order valence-corrected chi connectivity index (χ0v) is 15.6. The van der Waals surface area contributed by atoms with E-state index in [1.165, 1.54) is 5.56 Å². The van der Waals surface area contributed by atoms with Crippen molar-refractivity contribution in [1.82, 2.24) is 15.0 Å². The molecule has 6 heteroatoms. The first-order valence-corrected chi connectivity index (χ1v) is 9.11. The van der Waals surface area contributed by atoms with Crippen LogP contribution in [0.2, 0.25) is 0 Å². The summed E-state index contributed by atoms with van der Waals surface area (Å²) in [5, 5.41) is 4.31. The molecule has 4 rings (SSSR count). The number of nitrogens with two attached hydrogens (primary N) is 1. The number of hydrogen-bond acceptors (Lipinski definition) is 6. The fourth-order valence-electron chi connectivity index (χ4n) is 2.92. The van der Waals surface area contributed by atoms with E-state index in [-0.39, 0.29) is 0 Å². The quantitative estimate of drug-likeness (QED) is 0.490. The van der Waals surface area contributed by atoms with Gasteiger partial charge in [0.05, 0.1) is 11.7 Å². The average Bonchev–Trinajstić information content (AvgIpc) is 2.71. The second kappa shape index (κ2) is 7.92. The summed E-state index contributed by atoms with van der Waals surface area (Å²) in [7, 11) is 0. The molecule has 6 nitrogen and oxygen atoms in total. The largest absolute Gasteiger partial charge is 0.456 e. The van der Waals surface area contributed by atoms with Crippen molar-refractivity contribution in [1.29, 1.82) is 0 Å². The summed E-state index contributed by atoms with van der Waals surface area (Å²) < 4.78 is 5.81. The third kappa shape index (κ3) is 4.17. The van der Waals surface area contributed by atoms with Crippen LogP contribution in [-0.2, 0) is 6.42 Å². The molecule has 140 valence electrons. The molecule has 0 aliphatic rings. The molecule has 2 aromatic heterocycles. The Morgan fingerprint density at radius 2 is 1.75 bits per heavy atom. The van der Waals surface area contributed by atoms with Gasteiger partial charge in [0.25, 0.3) is 0 Å². The number of nitrogens with zero attached hydrogens (tertiary/aromatic N) is 3. The number of benzene rings is 2. The molecular weight excluding hydrogens is 350 g/mol. The number of hydrogen-bond donors (Lipinski definition) is 2. The van der Waals surface area contributed by atoms with Crippen LogP contribution >= 0.6 is 0 Å². The predicted molar refractivity (Wildman–Crippen MR) is 112 cm³/mol. The maximum Gasteiger partial charge on any atom is 0.145 e. The van der Waals surface area contributed by atoms with Crippen LogP contribution < -0.4 is 15.8 Å². The highest BCUT2D eigenvalue weighted by atomic mass is 16.5. The van der Waals surface area contributed by atoms with Crippen LogP contribution in [0.3, 0.4) is 0 Å². The van der Waals surface area contributed by atoms with Crippen LogP contribution in [0.5, 0.6) is 11.5 Å². The Morgan fingerprint density at radius 3 is 2.54 bits per heavy atom. The van der Waals surface area contributed by atoms with Crippen LogP contribution in [0.1, 0.15) is 11.3 Å². The summed E-state index contributed by atoms with van der Waals surface area (Å²) in [6.45, 7) is 2.70. The minimum Gasteiger partial charge on any atom is -0.456 e. The SMILES string of the molecule is Cc1ccc(Oc2ccc(CCNc3ncnc4ccc(N)cc34)cc2)cn1. The van der Waals surface area contributed by atoms with Crippen molar-refractivity contribution in [3.63, 3.8) is 0 Å². The molecule has 2 heterocycles. The molecule has 0 bridgehead atoms. The standard InChI is InChI=1S/C22H21N5O/c1-15-2-6-19(13-25-15)28-18-7-3-16(4-8-18)10-11-24-22-20-12-17(23)5-9-21(20)26-14-27-22/h2-9,12-14H,10-11,23H2,1H3,(H,24,26,27). The van der Waals surface area contributed by atoms with Gasteiger partial charge in [0, 0.05) is 23.3 Å². The summed E-state index contributed by atoms with van der Waals surface area (Å²) in [5.74, 6) is 2.32. The number of aryl methyl sites for hydroxylation is 1. The van der Waals surface area contributed by atoms with Crippen LogP contribution in [0.25, 0.3) is 10.9 Å². The smallest absolute Gasteiger partial charge is 0.145 e. The summed E-state index contributed by atoms with van der Waals surface area (Å²) in [5.41, 5.74) is 9.64. The van der Waals surface area contributed by atoms with Crippen molar-refractivity contribution in [2.45, 2.75) is 13.3 Å². The van der Waals surface area contributed by atoms with Gasteiger partial charge in [-0.25, -0.2) is 9.97 Å². The monoisotopic (exact) mass is 371 g/mol. The number of pyridine rings is 1. The zero-order chi connectivity index (χ0) is 19.3. The molecule has 4 aromatic rings. The van der Waals surface area contributed by atoms with Crippen LogP contribution in [0.15, 0.2) is 67.1 Å². The molecule has 0 saturated carbocycles. The molecule has 0 atom stereocenters. The number of anilines is 2. The number of aromatic nitrogens is 3. The van der Waals surface area contributed by atoms with E-state index < -0.39 is 0 Å². The average molecular weight is 371 g/mol. The molecule has 0 aliphatic heterocycles. The fourth-order valence-corrected chi connectivity index (χ4v) is 2.92. The highest BCUT2D eigenvalue weighted by Gasteiger charge is 2.04. The van der Waals surface area contributed by atoms with Crippen molar-refractivity contribution < 1.29 is 4.74 Å². The van der Waals surface area contributed by atoms with Gasteiger partial charge in [0.1, 0.15) is 23.6 Å². The number of ether oxygens (including phenoxy) is 1. The van der Waals surface area contributed by atoms with Crippen LogP contribution in [0, 0.1) is 6.92 Å². The van der Waals surface area contributed by atoms with Gasteiger partial charge in [-0.05, 0) is 61.4 Å². The van der Waals surface area contributed by atoms with Gasteiger partial charge in [-0.15, -0.1) is 0 Å². The lowest BCUT2D eigenvalue weighted by molar-refractivity contribution is 0.480. The normalized spacial score (nSPS) is 10.8. The van der Waals surface area contributed by atoms with Gasteiger partial charge >= 0.3 is 0 Å². The molecule has 0 amide bonds. The van der Waals surface area contributed by atoms with E-state index in [0.717, 1.165) is 46.9 Å². The third-order valence-electron chi connectivity index (χ3n) is 4.41. The van der Waals surface area contributed by atoms with Crippen molar-refractivity contribution >= 4 is 22.4 Å². The minimum atomic E-state index is 0.699. The lowest BCUT2D eigenvalue weighted by Gasteiger charge is -2.10. The summed E-state index contributed by atoms with van der Waals surface area (Å²) in [6, 6.07) is 17.5.